The van der Waals surface area contributed by atoms with Gasteiger partial charge in [0.15, 0.2) is 5.84 Å². The zero-order chi connectivity index (χ0) is 32.8. The molecule has 8 aromatic rings. The highest BCUT2D eigenvalue weighted by molar-refractivity contribution is 6.15. The van der Waals surface area contributed by atoms with Gasteiger partial charge in [0.1, 0.15) is 12.0 Å². The Morgan fingerprint density at radius 1 is 0.520 bits per heavy atom. The molecule has 0 saturated heterocycles. The number of hydrogen-bond acceptors (Lipinski definition) is 3. The molecule has 11 rings (SSSR count). The van der Waals surface area contributed by atoms with Crippen LogP contribution >= 0.6 is 0 Å². The largest absolute Gasteiger partial charge is 0.344 e. The van der Waals surface area contributed by atoms with E-state index in [9.17, 15) is 0 Å². The van der Waals surface area contributed by atoms with Crippen molar-refractivity contribution in [1.82, 2.24) is 9.88 Å². The molecule has 4 nitrogen and oxygen atoms in total. The summed E-state index contributed by atoms with van der Waals surface area (Å²) in [5.74, 6) is 1.54. The smallest absolute Gasteiger partial charge is 0.159 e. The number of para-hydroxylation sites is 3. The molecule has 1 spiro atoms. The van der Waals surface area contributed by atoms with Crippen molar-refractivity contribution >= 4 is 33.5 Å². The Morgan fingerprint density at radius 2 is 1.20 bits per heavy atom. The van der Waals surface area contributed by atoms with Crippen LogP contribution in [0.4, 0.5) is 0 Å². The lowest BCUT2D eigenvalue weighted by Crippen LogP contribution is -2.35. The number of hydrogen-bond donors (Lipinski definition) is 1. The average molecular weight is 639 g/mol. The monoisotopic (exact) mass is 638 g/mol. The highest BCUT2D eigenvalue weighted by Crippen LogP contribution is 2.61. The molecule has 3 heterocycles. The van der Waals surface area contributed by atoms with E-state index in [0.29, 0.717) is 0 Å². The summed E-state index contributed by atoms with van der Waals surface area (Å²) >= 11 is 0. The second kappa shape index (κ2) is 10.2. The molecule has 50 heavy (non-hydrogen) atoms. The third-order valence-corrected chi connectivity index (χ3v) is 10.9. The molecule has 1 N–H and O–H groups in total. The highest BCUT2D eigenvalue weighted by atomic mass is 15.2. The molecule has 0 amide bonds. The molecule has 234 valence electrons. The number of aromatic nitrogens is 1. The van der Waals surface area contributed by atoms with E-state index in [4.69, 9.17) is 9.98 Å². The SMILES string of the molecule is c1ccc(C2=NC(c3ccccc3)NC(c3ccc4c(c3)C3(c5ccccc5-4)c4ccccc4-n4c5ccccc5c5cccc3c54)=N2)cc1. The van der Waals surface area contributed by atoms with Gasteiger partial charge >= 0.3 is 0 Å². The number of nitrogens with zero attached hydrogens (tertiary/aromatic N) is 3. The summed E-state index contributed by atoms with van der Waals surface area (Å²) in [5, 5.41) is 6.27. The molecule has 2 aliphatic heterocycles. The van der Waals surface area contributed by atoms with E-state index < -0.39 is 5.41 Å². The van der Waals surface area contributed by atoms with Crippen LogP contribution in [-0.4, -0.2) is 16.2 Å². The third-order valence-electron chi connectivity index (χ3n) is 10.9. The number of nitrogens with one attached hydrogen (secondary N) is 1. The first kappa shape index (κ1) is 27.4. The maximum absolute atomic E-state index is 5.21. The maximum atomic E-state index is 5.21. The van der Waals surface area contributed by atoms with Crippen molar-refractivity contribution in [3.05, 3.63) is 209 Å². The van der Waals surface area contributed by atoms with Crippen molar-refractivity contribution in [3.63, 3.8) is 0 Å². The molecular weight excluding hydrogens is 609 g/mol. The normalized spacial score (nSPS) is 18.3. The lowest BCUT2D eigenvalue weighted by molar-refractivity contribution is 0.674. The first-order chi connectivity index (χ1) is 24.8. The molecule has 0 fully saturated rings. The maximum Gasteiger partial charge on any atom is 0.159 e. The van der Waals surface area contributed by atoms with E-state index in [-0.39, 0.29) is 6.17 Å². The van der Waals surface area contributed by atoms with Crippen LogP contribution in [0.2, 0.25) is 0 Å². The first-order valence-electron chi connectivity index (χ1n) is 17.2. The predicted octanol–water partition coefficient (Wildman–Crippen LogP) is 9.96. The molecular formula is C46H30N4. The zero-order valence-corrected chi connectivity index (χ0v) is 27.1. The minimum absolute atomic E-state index is 0.266. The summed E-state index contributed by atoms with van der Waals surface area (Å²) in [4.78, 5) is 10.3. The summed E-state index contributed by atoms with van der Waals surface area (Å²) in [7, 11) is 0. The molecule has 0 bridgehead atoms. The second-order valence-corrected chi connectivity index (χ2v) is 13.4. The van der Waals surface area contributed by atoms with E-state index in [2.05, 4.69) is 155 Å². The molecule has 0 saturated carbocycles. The van der Waals surface area contributed by atoms with Crippen molar-refractivity contribution in [3.8, 4) is 16.8 Å². The van der Waals surface area contributed by atoms with Gasteiger partial charge in [0, 0.05) is 21.9 Å². The van der Waals surface area contributed by atoms with Crippen LogP contribution in [-0.2, 0) is 5.41 Å². The third kappa shape index (κ3) is 3.60. The van der Waals surface area contributed by atoms with Crippen LogP contribution < -0.4 is 5.32 Å². The van der Waals surface area contributed by atoms with Gasteiger partial charge in [0.2, 0.25) is 0 Å². The molecule has 4 heteroatoms. The van der Waals surface area contributed by atoms with Crippen LogP contribution in [0.15, 0.2) is 180 Å². The minimum Gasteiger partial charge on any atom is -0.344 e. The molecule has 7 aromatic carbocycles. The molecule has 1 aliphatic carbocycles. The van der Waals surface area contributed by atoms with Crippen LogP contribution in [0.3, 0.4) is 0 Å². The Morgan fingerprint density at radius 3 is 2.08 bits per heavy atom. The minimum atomic E-state index is -0.521. The van der Waals surface area contributed by atoms with Gasteiger partial charge in [-0.25, -0.2) is 9.98 Å². The van der Waals surface area contributed by atoms with Gasteiger partial charge in [-0.3, -0.25) is 0 Å². The number of fused-ring (bicyclic) bond motifs is 12. The fourth-order valence-electron chi connectivity index (χ4n) is 8.83. The van der Waals surface area contributed by atoms with Crippen molar-refractivity contribution in [1.29, 1.82) is 0 Å². The van der Waals surface area contributed by atoms with Gasteiger partial charge in [-0.15, -0.1) is 0 Å². The Kier molecular flexibility index (Phi) is 5.62. The Balaban J connectivity index is 1.20. The van der Waals surface area contributed by atoms with Gasteiger partial charge in [-0.1, -0.05) is 152 Å². The van der Waals surface area contributed by atoms with E-state index in [1.54, 1.807) is 0 Å². The number of amidine groups is 2. The van der Waals surface area contributed by atoms with E-state index in [1.165, 1.54) is 60.9 Å². The Bertz CT molecular complexity index is 2740. The van der Waals surface area contributed by atoms with Crippen molar-refractivity contribution in [2.45, 2.75) is 11.6 Å². The molecule has 2 unspecified atom stereocenters. The first-order valence-corrected chi connectivity index (χ1v) is 17.2. The Labute approximate surface area is 289 Å². The van der Waals surface area contributed by atoms with E-state index in [1.807, 2.05) is 24.3 Å². The fourth-order valence-corrected chi connectivity index (χ4v) is 8.83. The topological polar surface area (TPSA) is 41.7 Å². The Hall–Kier alpha value is -6.52. The van der Waals surface area contributed by atoms with Crippen molar-refractivity contribution < 1.29 is 0 Å². The number of aliphatic imine (C=N–C) groups is 2. The summed E-state index contributed by atoms with van der Waals surface area (Å²) in [6.07, 6.45) is -0.266. The standard InChI is InChI=1S/C46H30N4/c1-3-14-29(15-4-1)43-47-44(30-16-5-2-6-17-30)49-45(48-43)31-26-27-33-32-18-7-9-21-36(32)46(39(33)28-31)37-22-10-12-25-41(37)50-40-24-11-8-19-34(40)35-20-13-23-38(46)42(35)50/h1-28,43H,(H,47,48,49). The molecule has 0 radical (unpaired) electrons. The number of benzene rings is 7. The summed E-state index contributed by atoms with van der Waals surface area (Å²) in [6.45, 7) is 0. The van der Waals surface area contributed by atoms with Gasteiger partial charge in [0.05, 0.1) is 22.1 Å². The van der Waals surface area contributed by atoms with Gasteiger partial charge in [-0.05, 0) is 57.1 Å². The summed E-state index contributed by atoms with van der Waals surface area (Å²) in [5.41, 5.74) is 14.1. The fraction of sp³-hybridized carbons (Fsp3) is 0.0435. The van der Waals surface area contributed by atoms with Gasteiger partial charge in [-0.2, -0.15) is 0 Å². The lowest BCUT2D eigenvalue weighted by Gasteiger charge is -2.39. The van der Waals surface area contributed by atoms with Crippen LogP contribution in [0.25, 0.3) is 38.6 Å². The van der Waals surface area contributed by atoms with Crippen molar-refractivity contribution in [2.75, 3.05) is 0 Å². The van der Waals surface area contributed by atoms with Gasteiger partial charge < -0.3 is 9.88 Å². The van der Waals surface area contributed by atoms with E-state index in [0.717, 1.165) is 28.4 Å². The van der Waals surface area contributed by atoms with Crippen LogP contribution in [0.1, 0.15) is 45.1 Å². The highest BCUT2D eigenvalue weighted by Gasteiger charge is 2.51. The van der Waals surface area contributed by atoms with E-state index >= 15 is 0 Å². The predicted molar refractivity (Wildman–Crippen MR) is 203 cm³/mol. The van der Waals surface area contributed by atoms with Crippen molar-refractivity contribution in [2.24, 2.45) is 9.98 Å². The quantitative estimate of drug-likeness (QED) is 0.206. The van der Waals surface area contributed by atoms with Gasteiger partial charge in [0.25, 0.3) is 0 Å². The van der Waals surface area contributed by atoms with Crippen LogP contribution in [0.5, 0.6) is 0 Å². The van der Waals surface area contributed by atoms with Crippen LogP contribution in [0, 0.1) is 0 Å². The number of rotatable bonds is 3. The molecule has 2 atom stereocenters. The zero-order valence-electron chi connectivity index (χ0n) is 27.1. The second-order valence-electron chi connectivity index (χ2n) is 13.4. The lowest BCUT2D eigenvalue weighted by atomic mass is 9.65. The summed E-state index contributed by atoms with van der Waals surface area (Å²) < 4.78 is 2.49. The summed E-state index contributed by atoms with van der Waals surface area (Å²) in [6, 6.07) is 61.3. The molecule has 1 aromatic heterocycles. The molecule has 3 aliphatic rings. The average Bonchev–Trinajstić information content (AvgIpc) is 3.69.